The van der Waals surface area contributed by atoms with Crippen LogP contribution in [-0.4, -0.2) is 10.1 Å². The SMILES string of the molecule is Cc1cc2ccccc2nc1Sc1ccc(CO)cc1. The van der Waals surface area contributed by atoms with Gasteiger partial charge in [-0.25, -0.2) is 4.98 Å². The van der Waals surface area contributed by atoms with Crippen LogP contribution >= 0.6 is 11.8 Å². The number of benzene rings is 2. The Morgan fingerprint density at radius 3 is 2.55 bits per heavy atom. The molecule has 20 heavy (non-hydrogen) atoms. The molecule has 0 aliphatic rings. The van der Waals surface area contributed by atoms with Crippen LogP contribution in [0.25, 0.3) is 10.9 Å². The molecule has 0 saturated carbocycles. The number of pyridine rings is 1. The summed E-state index contributed by atoms with van der Waals surface area (Å²) in [5.74, 6) is 0. The van der Waals surface area contributed by atoms with E-state index in [1.807, 2.05) is 42.5 Å². The molecule has 100 valence electrons. The minimum Gasteiger partial charge on any atom is -0.392 e. The lowest BCUT2D eigenvalue weighted by atomic mass is 10.2. The fourth-order valence-corrected chi connectivity index (χ4v) is 2.94. The zero-order valence-corrected chi connectivity index (χ0v) is 12.0. The third-order valence-electron chi connectivity index (χ3n) is 3.19. The van der Waals surface area contributed by atoms with Crippen molar-refractivity contribution in [3.05, 3.63) is 65.7 Å². The third-order valence-corrected chi connectivity index (χ3v) is 4.30. The van der Waals surface area contributed by atoms with Gasteiger partial charge in [0, 0.05) is 10.3 Å². The first-order valence-corrected chi connectivity index (χ1v) is 7.32. The predicted octanol–water partition coefficient (Wildman–Crippen LogP) is 4.19. The Hall–Kier alpha value is -1.84. The molecule has 1 aromatic heterocycles. The van der Waals surface area contributed by atoms with Crippen molar-refractivity contribution in [1.29, 1.82) is 0 Å². The highest BCUT2D eigenvalue weighted by molar-refractivity contribution is 7.99. The van der Waals surface area contributed by atoms with Crippen molar-refractivity contribution in [3.63, 3.8) is 0 Å². The standard InChI is InChI=1S/C17H15NOS/c1-12-10-14-4-2-3-5-16(14)18-17(12)20-15-8-6-13(11-19)7-9-15/h2-10,19H,11H2,1H3. The molecule has 2 aromatic carbocycles. The lowest BCUT2D eigenvalue weighted by Gasteiger charge is -2.07. The van der Waals surface area contributed by atoms with Crippen molar-refractivity contribution in [3.8, 4) is 0 Å². The van der Waals surface area contributed by atoms with E-state index >= 15 is 0 Å². The van der Waals surface area contributed by atoms with Crippen LogP contribution in [0.2, 0.25) is 0 Å². The van der Waals surface area contributed by atoms with Crippen LogP contribution < -0.4 is 0 Å². The molecular formula is C17H15NOS. The lowest BCUT2D eigenvalue weighted by Crippen LogP contribution is -1.88. The summed E-state index contributed by atoms with van der Waals surface area (Å²) in [6.07, 6.45) is 0. The number of aromatic nitrogens is 1. The van der Waals surface area contributed by atoms with Crippen LogP contribution in [0.1, 0.15) is 11.1 Å². The number of fused-ring (bicyclic) bond motifs is 1. The topological polar surface area (TPSA) is 33.1 Å². The van der Waals surface area contributed by atoms with Crippen molar-refractivity contribution in [1.82, 2.24) is 4.98 Å². The first-order chi connectivity index (χ1) is 9.76. The molecule has 1 N–H and O–H groups in total. The molecule has 0 amide bonds. The Morgan fingerprint density at radius 2 is 1.80 bits per heavy atom. The quantitative estimate of drug-likeness (QED) is 0.781. The number of aliphatic hydroxyl groups excluding tert-OH is 1. The number of para-hydroxylation sites is 1. The van der Waals surface area contributed by atoms with Gasteiger partial charge in [0.1, 0.15) is 5.03 Å². The number of hydrogen-bond acceptors (Lipinski definition) is 3. The van der Waals surface area contributed by atoms with E-state index in [2.05, 4.69) is 19.1 Å². The normalized spacial score (nSPS) is 10.9. The number of hydrogen-bond donors (Lipinski definition) is 1. The number of rotatable bonds is 3. The van der Waals surface area contributed by atoms with Crippen molar-refractivity contribution < 1.29 is 5.11 Å². The summed E-state index contributed by atoms with van der Waals surface area (Å²) in [4.78, 5) is 5.86. The fraction of sp³-hybridized carbons (Fsp3) is 0.118. The molecule has 0 aliphatic heterocycles. The molecule has 0 bridgehead atoms. The monoisotopic (exact) mass is 281 g/mol. The van der Waals surface area contributed by atoms with Gasteiger partial charge in [-0.15, -0.1) is 0 Å². The van der Waals surface area contributed by atoms with Crippen LogP contribution in [-0.2, 0) is 6.61 Å². The Balaban J connectivity index is 1.94. The highest BCUT2D eigenvalue weighted by atomic mass is 32.2. The molecular weight excluding hydrogens is 266 g/mol. The van der Waals surface area contributed by atoms with E-state index in [-0.39, 0.29) is 6.61 Å². The Kier molecular flexibility index (Phi) is 3.72. The van der Waals surface area contributed by atoms with Gasteiger partial charge in [0.25, 0.3) is 0 Å². The number of aryl methyl sites for hydroxylation is 1. The number of aliphatic hydroxyl groups is 1. The van der Waals surface area contributed by atoms with Crippen LogP contribution in [0.15, 0.2) is 64.5 Å². The summed E-state index contributed by atoms with van der Waals surface area (Å²) in [7, 11) is 0. The summed E-state index contributed by atoms with van der Waals surface area (Å²) in [6, 6.07) is 18.3. The van der Waals surface area contributed by atoms with Gasteiger partial charge in [-0.1, -0.05) is 42.1 Å². The third kappa shape index (κ3) is 2.69. The van der Waals surface area contributed by atoms with Gasteiger partial charge in [-0.3, -0.25) is 0 Å². The van der Waals surface area contributed by atoms with Crippen LogP contribution in [0, 0.1) is 6.92 Å². The molecule has 2 nitrogen and oxygen atoms in total. The van der Waals surface area contributed by atoms with Gasteiger partial charge in [0.15, 0.2) is 0 Å². The maximum atomic E-state index is 9.06. The second-order valence-corrected chi connectivity index (χ2v) is 5.77. The van der Waals surface area contributed by atoms with Crippen molar-refractivity contribution in [2.75, 3.05) is 0 Å². The second kappa shape index (κ2) is 5.65. The van der Waals surface area contributed by atoms with Gasteiger partial charge in [-0.2, -0.15) is 0 Å². The molecule has 1 heterocycles. The van der Waals surface area contributed by atoms with E-state index in [1.165, 1.54) is 10.9 Å². The lowest BCUT2D eigenvalue weighted by molar-refractivity contribution is 0.282. The van der Waals surface area contributed by atoms with E-state index in [0.717, 1.165) is 21.0 Å². The van der Waals surface area contributed by atoms with Crippen molar-refractivity contribution in [2.24, 2.45) is 0 Å². The zero-order valence-electron chi connectivity index (χ0n) is 11.2. The Labute approximate surface area is 122 Å². The predicted molar refractivity (Wildman–Crippen MR) is 83.0 cm³/mol. The van der Waals surface area contributed by atoms with Crippen molar-refractivity contribution >= 4 is 22.7 Å². The van der Waals surface area contributed by atoms with E-state index < -0.39 is 0 Å². The van der Waals surface area contributed by atoms with E-state index in [9.17, 15) is 0 Å². The number of nitrogens with zero attached hydrogens (tertiary/aromatic N) is 1. The van der Waals surface area contributed by atoms with Gasteiger partial charge in [-0.05, 0) is 42.3 Å². The smallest absolute Gasteiger partial charge is 0.104 e. The van der Waals surface area contributed by atoms with Crippen LogP contribution in [0.5, 0.6) is 0 Å². The van der Waals surface area contributed by atoms with Gasteiger partial charge in [0.2, 0.25) is 0 Å². The summed E-state index contributed by atoms with van der Waals surface area (Å²) >= 11 is 1.66. The van der Waals surface area contributed by atoms with Gasteiger partial charge < -0.3 is 5.11 Å². The van der Waals surface area contributed by atoms with Gasteiger partial charge >= 0.3 is 0 Å². The first-order valence-electron chi connectivity index (χ1n) is 6.50. The van der Waals surface area contributed by atoms with Gasteiger partial charge in [0.05, 0.1) is 12.1 Å². The van der Waals surface area contributed by atoms with E-state index in [1.54, 1.807) is 11.8 Å². The van der Waals surface area contributed by atoms with Crippen molar-refractivity contribution in [2.45, 2.75) is 23.5 Å². The highest BCUT2D eigenvalue weighted by Gasteiger charge is 2.05. The first kappa shape index (κ1) is 13.2. The van der Waals surface area contributed by atoms with Crippen LogP contribution in [0.3, 0.4) is 0 Å². The molecule has 3 heteroatoms. The summed E-state index contributed by atoms with van der Waals surface area (Å²) in [5.41, 5.74) is 3.13. The summed E-state index contributed by atoms with van der Waals surface area (Å²) in [5, 5.41) is 11.3. The minimum absolute atomic E-state index is 0.0815. The molecule has 3 aromatic rings. The average molecular weight is 281 g/mol. The maximum absolute atomic E-state index is 9.06. The molecule has 0 radical (unpaired) electrons. The molecule has 0 spiro atoms. The average Bonchev–Trinajstić information content (AvgIpc) is 2.49. The molecule has 0 aliphatic carbocycles. The molecule has 3 rings (SSSR count). The summed E-state index contributed by atoms with van der Waals surface area (Å²) < 4.78 is 0. The zero-order chi connectivity index (χ0) is 13.9. The maximum Gasteiger partial charge on any atom is 0.104 e. The second-order valence-electron chi connectivity index (χ2n) is 4.71. The Bertz CT molecular complexity index is 738. The summed E-state index contributed by atoms with van der Waals surface area (Å²) in [6.45, 7) is 2.17. The molecule has 0 unspecified atom stereocenters. The van der Waals surface area contributed by atoms with Crippen LogP contribution in [0.4, 0.5) is 0 Å². The molecule has 0 fully saturated rings. The molecule has 0 saturated heterocycles. The molecule has 0 atom stereocenters. The van der Waals surface area contributed by atoms with E-state index in [0.29, 0.717) is 0 Å². The fourth-order valence-electron chi connectivity index (χ4n) is 2.08. The highest BCUT2D eigenvalue weighted by Crippen LogP contribution is 2.30. The minimum atomic E-state index is 0.0815. The Morgan fingerprint density at radius 1 is 1.05 bits per heavy atom. The largest absolute Gasteiger partial charge is 0.392 e. The van der Waals surface area contributed by atoms with E-state index in [4.69, 9.17) is 10.1 Å².